The molecule has 2 aromatic heterocycles. The van der Waals surface area contributed by atoms with Crippen LogP contribution in [-0.4, -0.2) is 63.3 Å². The Morgan fingerprint density at radius 3 is 2.41 bits per heavy atom. The highest BCUT2D eigenvalue weighted by Crippen LogP contribution is 2.37. The highest BCUT2D eigenvalue weighted by Gasteiger charge is 2.27. The summed E-state index contributed by atoms with van der Waals surface area (Å²) >= 11 is 0. The predicted octanol–water partition coefficient (Wildman–Crippen LogP) is 4.00. The maximum atomic E-state index is 13.9. The van der Waals surface area contributed by atoms with Gasteiger partial charge in [-0.05, 0) is 54.8 Å². The number of ether oxygens (including phenoxy) is 1. The fraction of sp³-hybridized carbons (Fsp3) is 0.318. The minimum Gasteiger partial charge on any atom is -0.496 e. The largest absolute Gasteiger partial charge is 0.496 e. The average molecular weight is 530 g/mol. The van der Waals surface area contributed by atoms with Crippen molar-refractivity contribution >= 4 is 46.4 Å². The Kier molecular flexibility index (Phi) is 7.71. The molecule has 1 aromatic carbocycles. The first-order chi connectivity index (χ1) is 15.8. The molecule has 1 aliphatic heterocycles. The second-order valence-electron chi connectivity index (χ2n) is 7.89. The lowest BCUT2D eigenvalue weighted by Gasteiger charge is -2.29. The third kappa shape index (κ3) is 6.35. The Morgan fingerprint density at radius 2 is 1.82 bits per heavy atom. The molecule has 0 bridgehead atoms. The number of nitrogens with one attached hydrogen (secondary N) is 1. The standard InChI is InChI=1S/C21H22FN3O3S.CH3ClO2S/c1-13-10-14(7-9-25(13)29(3,26)27)19-12-18-16(6-8-23-21(18)24-19)17-11-15(22)4-5-20(17)28-2;1-5(2,3)4/h4-6,8,10-13H,7,9H2,1-3H3,(H,23,24);1H3/t13-;/m0./s1. The number of sulfonamides is 1. The molecule has 0 saturated heterocycles. The minimum absolute atomic E-state index is 0.226. The summed E-state index contributed by atoms with van der Waals surface area (Å²) in [5.74, 6) is 0.238. The van der Waals surface area contributed by atoms with Crippen LogP contribution in [0.4, 0.5) is 4.39 Å². The summed E-state index contributed by atoms with van der Waals surface area (Å²) in [5.41, 5.74) is 4.07. The number of H-pyrrole nitrogens is 1. The molecule has 8 nitrogen and oxygen atoms in total. The third-order valence-corrected chi connectivity index (χ3v) is 6.62. The second kappa shape index (κ2) is 10.0. The van der Waals surface area contributed by atoms with Gasteiger partial charge < -0.3 is 9.72 Å². The minimum atomic E-state index is -3.24. The first-order valence-electron chi connectivity index (χ1n) is 10.2. The van der Waals surface area contributed by atoms with Gasteiger partial charge >= 0.3 is 0 Å². The number of aromatic nitrogens is 2. The van der Waals surface area contributed by atoms with Gasteiger partial charge in [-0.1, -0.05) is 6.08 Å². The van der Waals surface area contributed by atoms with Gasteiger partial charge in [0.1, 0.15) is 17.2 Å². The van der Waals surface area contributed by atoms with Gasteiger partial charge in [0.15, 0.2) is 0 Å². The van der Waals surface area contributed by atoms with Crippen LogP contribution >= 0.6 is 10.7 Å². The molecular formula is C22H25ClFN3O5S2. The van der Waals surface area contributed by atoms with Crippen molar-refractivity contribution in [2.24, 2.45) is 0 Å². The van der Waals surface area contributed by atoms with E-state index in [4.69, 9.17) is 4.74 Å². The molecule has 12 heteroatoms. The van der Waals surface area contributed by atoms with Gasteiger partial charge in [-0.3, -0.25) is 0 Å². The van der Waals surface area contributed by atoms with Gasteiger partial charge in [0.2, 0.25) is 19.1 Å². The van der Waals surface area contributed by atoms with Crippen LogP contribution in [0.2, 0.25) is 0 Å². The Balaban J connectivity index is 0.000000588. The van der Waals surface area contributed by atoms with Crippen LogP contribution in [-0.2, 0) is 19.1 Å². The number of nitrogens with zero attached hydrogens (tertiary/aromatic N) is 2. The number of pyridine rings is 1. The third-order valence-electron chi connectivity index (χ3n) is 5.25. The Hall–Kier alpha value is -2.47. The van der Waals surface area contributed by atoms with Crippen LogP contribution in [0.15, 0.2) is 42.6 Å². The lowest BCUT2D eigenvalue weighted by molar-refractivity contribution is 0.377. The lowest BCUT2D eigenvalue weighted by atomic mass is 10.00. The number of fused-ring (bicyclic) bond motifs is 1. The van der Waals surface area contributed by atoms with E-state index in [-0.39, 0.29) is 11.9 Å². The van der Waals surface area contributed by atoms with Crippen molar-refractivity contribution < 1.29 is 26.0 Å². The van der Waals surface area contributed by atoms with Gasteiger partial charge in [-0.2, -0.15) is 4.31 Å². The summed E-state index contributed by atoms with van der Waals surface area (Å²) in [6, 6.07) is 8.01. The van der Waals surface area contributed by atoms with Crippen molar-refractivity contribution in [1.82, 2.24) is 14.3 Å². The molecule has 0 saturated carbocycles. The maximum Gasteiger partial charge on any atom is 0.229 e. The van der Waals surface area contributed by atoms with E-state index < -0.39 is 19.1 Å². The number of hydrogen-bond donors (Lipinski definition) is 1. The number of aromatic amines is 1. The van der Waals surface area contributed by atoms with Crippen molar-refractivity contribution in [3.8, 4) is 16.9 Å². The van der Waals surface area contributed by atoms with Crippen LogP contribution in [0.25, 0.3) is 27.7 Å². The van der Waals surface area contributed by atoms with Crippen molar-refractivity contribution in [2.45, 2.75) is 19.4 Å². The van der Waals surface area contributed by atoms with Crippen LogP contribution < -0.4 is 4.74 Å². The summed E-state index contributed by atoms with van der Waals surface area (Å²) in [4.78, 5) is 7.73. The monoisotopic (exact) mass is 529 g/mol. The van der Waals surface area contributed by atoms with Crippen molar-refractivity contribution in [1.29, 1.82) is 0 Å². The molecule has 4 rings (SSSR count). The lowest BCUT2D eigenvalue weighted by Crippen LogP contribution is -2.40. The van der Waals surface area contributed by atoms with E-state index in [1.165, 1.54) is 22.7 Å². The number of benzene rings is 1. The van der Waals surface area contributed by atoms with Crippen LogP contribution in [0.5, 0.6) is 5.75 Å². The molecule has 1 aliphatic rings. The average Bonchev–Trinajstić information content (AvgIpc) is 3.16. The quantitative estimate of drug-likeness (QED) is 0.512. The molecule has 3 aromatic rings. The molecule has 184 valence electrons. The molecule has 0 amide bonds. The van der Waals surface area contributed by atoms with Crippen LogP contribution in [0, 0.1) is 5.82 Å². The first kappa shape index (κ1) is 26.1. The Bertz CT molecular complexity index is 1440. The molecular weight excluding hydrogens is 505 g/mol. The van der Waals surface area contributed by atoms with E-state index in [0.29, 0.717) is 29.9 Å². The van der Waals surface area contributed by atoms with Crippen molar-refractivity contribution in [3.63, 3.8) is 0 Å². The zero-order chi connectivity index (χ0) is 25.3. The molecule has 3 heterocycles. The molecule has 0 aliphatic carbocycles. The summed E-state index contributed by atoms with van der Waals surface area (Å²) < 4.78 is 63.4. The topological polar surface area (TPSA) is 109 Å². The summed E-state index contributed by atoms with van der Waals surface area (Å²) in [6.07, 6.45) is 6.38. The molecule has 0 radical (unpaired) electrons. The van der Waals surface area contributed by atoms with Crippen molar-refractivity contribution in [3.05, 3.63) is 54.1 Å². The first-order valence-corrected chi connectivity index (χ1v) is 14.7. The number of halogens is 2. The fourth-order valence-corrected chi connectivity index (χ4v) is 5.00. The number of rotatable bonds is 4. The van der Waals surface area contributed by atoms with Gasteiger partial charge in [0, 0.05) is 46.1 Å². The van der Waals surface area contributed by atoms with Gasteiger partial charge in [0.05, 0.1) is 19.6 Å². The Morgan fingerprint density at radius 1 is 1.15 bits per heavy atom. The van der Waals surface area contributed by atoms with Gasteiger partial charge in [-0.15, -0.1) is 0 Å². The van der Waals surface area contributed by atoms with Crippen LogP contribution in [0.3, 0.4) is 0 Å². The van der Waals surface area contributed by atoms with E-state index in [2.05, 4.69) is 20.7 Å². The SMILES string of the molecule is COc1ccc(F)cc1-c1ccnc2[nH]c(C3=C[C@H](C)N(S(C)(=O)=O)CC3)cc12.CS(=O)(=O)Cl. The molecule has 0 fully saturated rings. The summed E-state index contributed by atoms with van der Waals surface area (Å²) in [6.45, 7) is 2.29. The van der Waals surface area contributed by atoms with E-state index in [0.717, 1.165) is 28.5 Å². The molecule has 34 heavy (non-hydrogen) atoms. The van der Waals surface area contributed by atoms with Crippen LogP contribution in [0.1, 0.15) is 19.0 Å². The zero-order valence-electron chi connectivity index (χ0n) is 19.0. The number of methoxy groups -OCH3 is 1. The van der Waals surface area contributed by atoms with Crippen molar-refractivity contribution in [2.75, 3.05) is 26.2 Å². The maximum absolute atomic E-state index is 13.9. The van der Waals surface area contributed by atoms with Gasteiger partial charge in [-0.25, -0.2) is 26.2 Å². The van der Waals surface area contributed by atoms with E-state index in [9.17, 15) is 21.2 Å². The molecule has 0 unspecified atom stereocenters. The Labute approximate surface area is 202 Å². The normalized spacial score (nSPS) is 17.1. The zero-order valence-corrected chi connectivity index (χ0v) is 21.4. The molecule has 1 atom stereocenters. The predicted molar refractivity (Wildman–Crippen MR) is 132 cm³/mol. The van der Waals surface area contributed by atoms with E-state index in [1.54, 1.807) is 19.4 Å². The van der Waals surface area contributed by atoms with Gasteiger partial charge in [0.25, 0.3) is 0 Å². The highest BCUT2D eigenvalue weighted by atomic mass is 35.7. The highest BCUT2D eigenvalue weighted by molar-refractivity contribution is 8.13. The smallest absolute Gasteiger partial charge is 0.229 e. The molecule has 0 spiro atoms. The number of hydrogen-bond acceptors (Lipinski definition) is 6. The summed E-state index contributed by atoms with van der Waals surface area (Å²) in [7, 11) is -0.380. The van der Waals surface area contributed by atoms with E-state index >= 15 is 0 Å². The fourth-order valence-electron chi connectivity index (χ4n) is 3.91. The second-order valence-corrected chi connectivity index (χ2v) is 12.9. The summed E-state index contributed by atoms with van der Waals surface area (Å²) in [5, 5.41) is 0.852. The van der Waals surface area contributed by atoms with E-state index in [1.807, 2.05) is 25.1 Å². The molecule has 1 N–H and O–H groups in total.